The van der Waals surface area contributed by atoms with E-state index >= 15 is 0 Å². The van der Waals surface area contributed by atoms with Gasteiger partial charge >= 0.3 is 0 Å². The van der Waals surface area contributed by atoms with E-state index in [1.807, 2.05) is 11.6 Å². The Morgan fingerprint density at radius 3 is 2.70 bits per heavy atom. The van der Waals surface area contributed by atoms with Gasteiger partial charge in [0.15, 0.2) is 9.84 Å². The van der Waals surface area contributed by atoms with Crippen molar-refractivity contribution in [2.75, 3.05) is 31.6 Å². The minimum absolute atomic E-state index is 0.358. The first-order chi connectivity index (χ1) is 9.35. The van der Waals surface area contributed by atoms with Gasteiger partial charge in [-0.1, -0.05) is 0 Å². The van der Waals surface area contributed by atoms with Gasteiger partial charge in [-0.2, -0.15) is 5.10 Å². The molecule has 1 fully saturated rings. The molecule has 6 heteroatoms. The molecule has 2 rings (SSSR count). The summed E-state index contributed by atoms with van der Waals surface area (Å²) in [6.45, 7) is 6.87. The number of hydrogen-bond donors (Lipinski definition) is 0. The number of aromatic nitrogens is 2. The maximum atomic E-state index is 11.4. The van der Waals surface area contributed by atoms with E-state index in [1.165, 1.54) is 5.69 Å². The Kier molecular flexibility index (Phi) is 4.86. The number of aryl methyl sites for hydroxylation is 2. The summed E-state index contributed by atoms with van der Waals surface area (Å²) >= 11 is 0. The smallest absolute Gasteiger partial charge is 0.150 e. The molecule has 1 saturated heterocycles. The van der Waals surface area contributed by atoms with Gasteiger partial charge in [-0.25, -0.2) is 8.42 Å². The summed E-state index contributed by atoms with van der Waals surface area (Å²) in [7, 11) is -0.642. The Hall–Kier alpha value is -0.880. The topological polar surface area (TPSA) is 55.2 Å². The first-order valence-electron chi connectivity index (χ1n) is 7.26. The van der Waals surface area contributed by atoms with Crippen LogP contribution in [-0.2, 0) is 16.4 Å². The Morgan fingerprint density at radius 1 is 1.40 bits per heavy atom. The molecule has 2 heterocycles. The lowest BCUT2D eigenvalue weighted by atomic mass is 10.1. The largest absolute Gasteiger partial charge is 0.305 e. The molecule has 0 N–H and O–H groups in total. The highest BCUT2D eigenvalue weighted by Gasteiger charge is 2.27. The van der Waals surface area contributed by atoms with Crippen LogP contribution in [0.3, 0.4) is 0 Å². The van der Waals surface area contributed by atoms with Crippen LogP contribution in [0, 0.1) is 19.8 Å². The van der Waals surface area contributed by atoms with Gasteiger partial charge in [0.05, 0.1) is 23.7 Å². The maximum Gasteiger partial charge on any atom is 0.150 e. The monoisotopic (exact) mass is 299 g/mol. The summed E-state index contributed by atoms with van der Waals surface area (Å²) in [5.74, 6) is 1.13. The minimum Gasteiger partial charge on any atom is -0.305 e. The zero-order valence-electron chi connectivity index (χ0n) is 12.7. The van der Waals surface area contributed by atoms with E-state index in [-0.39, 0.29) is 0 Å². The molecule has 5 nitrogen and oxygen atoms in total. The van der Waals surface area contributed by atoms with Crippen molar-refractivity contribution in [1.29, 1.82) is 0 Å². The van der Waals surface area contributed by atoms with Gasteiger partial charge in [-0.05, 0) is 52.3 Å². The van der Waals surface area contributed by atoms with Crippen LogP contribution in [0.15, 0.2) is 6.07 Å². The minimum atomic E-state index is -2.73. The van der Waals surface area contributed by atoms with Gasteiger partial charge in [0.2, 0.25) is 0 Å². The van der Waals surface area contributed by atoms with Crippen LogP contribution in [0.2, 0.25) is 0 Å². The number of rotatable bonds is 6. The number of sulfone groups is 1. The predicted octanol–water partition coefficient (Wildman–Crippen LogP) is 1.26. The number of nitrogens with zero attached hydrogens (tertiary/aromatic N) is 3. The standard InChI is InChI=1S/C14H25N3O2S/c1-12-10-13(2)17(15-12)8-7-16(3)6-4-14-5-9-20(18,19)11-14/h10,14H,4-9,11H2,1-3H3/t14-/m1/s1. The van der Waals surface area contributed by atoms with E-state index in [4.69, 9.17) is 0 Å². The fourth-order valence-electron chi connectivity index (χ4n) is 2.78. The van der Waals surface area contributed by atoms with E-state index in [0.29, 0.717) is 17.4 Å². The van der Waals surface area contributed by atoms with Gasteiger partial charge in [-0.15, -0.1) is 0 Å². The van der Waals surface area contributed by atoms with Gasteiger partial charge < -0.3 is 4.90 Å². The Bertz CT molecular complexity index is 551. The molecule has 1 aliphatic rings. The quantitative estimate of drug-likeness (QED) is 0.793. The Balaban J connectivity index is 1.71. The molecular weight excluding hydrogens is 274 g/mol. The second kappa shape index (κ2) is 6.26. The van der Waals surface area contributed by atoms with Crippen molar-refractivity contribution in [3.8, 4) is 0 Å². The molecule has 0 saturated carbocycles. The lowest BCUT2D eigenvalue weighted by Gasteiger charge is -2.18. The van der Waals surface area contributed by atoms with E-state index in [1.54, 1.807) is 0 Å². The second-order valence-electron chi connectivity index (χ2n) is 6.01. The highest BCUT2D eigenvalue weighted by molar-refractivity contribution is 7.91. The van der Waals surface area contributed by atoms with Crippen molar-refractivity contribution in [2.24, 2.45) is 5.92 Å². The zero-order valence-corrected chi connectivity index (χ0v) is 13.5. The average Bonchev–Trinajstić information content (AvgIpc) is 2.86. The van der Waals surface area contributed by atoms with Crippen molar-refractivity contribution < 1.29 is 8.42 Å². The van der Waals surface area contributed by atoms with Gasteiger partial charge in [0, 0.05) is 12.2 Å². The number of likely N-dealkylation sites (N-methyl/N-ethyl adjacent to an activating group) is 1. The van der Waals surface area contributed by atoms with Gasteiger partial charge in [-0.3, -0.25) is 4.68 Å². The molecule has 0 unspecified atom stereocenters. The molecule has 1 atom stereocenters. The van der Waals surface area contributed by atoms with Crippen molar-refractivity contribution in [2.45, 2.75) is 33.2 Å². The molecule has 0 radical (unpaired) electrons. The second-order valence-corrected chi connectivity index (χ2v) is 8.24. The SMILES string of the molecule is Cc1cc(C)n(CCN(C)CC[C@@H]2CCS(=O)(=O)C2)n1. The van der Waals surface area contributed by atoms with Gasteiger partial charge in [0.1, 0.15) is 0 Å². The Morgan fingerprint density at radius 2 is 2.15 bits per heavy atom. The molecule has 0 aromatic carbocycles. The highest BCUT2D eigenvalue weighted by atomic mass is 32.2. The molecule has 1 aliphatic heterocycles. The highest BCUT2D eigenvalue weighted by Crippen LogP contribution is 2.21. The maximum absolute atomic E-state index is 11.4. The molecule has 20 heavy (non-hydrogen) atoms. The van der Waals surface area contributed by atoms with E-state index in [2.05, 4.69) is 30.0 Å². The van der Waals surface area contributed by atoms with E-state index in [0.717, 1.165) is 38.2 Å². The van der Waals surface area contributed by atoms with Crippen LogP contribution in [0.5, 0.6) is 0 Å². The first kappa shape index (κ1) is 15.5. The van der Waals surface area contributed by atoms with Crippen LogP contribution in [0.4, 0.5) is 0 Å². The first-order valence-corrected chi connectivity index (χ1v) is 9.08. The molecule has 0 spiro atoms. The van der Waals surface area contributed by atoms with Crippen LogP contribution in [0.1, 0.15) is 24.2 Å². The summed E-state index contributed by atoms with van der Waals surface area (Å²) in [5.41, 5.74) is 2.25. The van der Waals surface area contributed by atoms with Gasteiger partial charge in [0.25, 0.3) is 0 Å². The van der Waals surface area contributed by atoms with Crippen LogP contribution < -0.4 is 0 Å². The lowest BCUT2D eigenvalue weighted by molar-refractivity contribution is 0.289. The van der Waals surface area contributed by atoms with E-state index in [9.17, 15) is 8.42 Å². The molecule has 114 valence electrons. The van der Waals surface area contributed by atoms with E-state index < -0.39 is 9.84 Å². The third-order valence-electron chi connectivity index (χ3n) is 4.04. The third kappa shape index (κ3) is 4.31. The predicted molar refractivity (Wildman–Crippen MR) is 80.6 cm³/mol. The lowest BCUT2D eigenvalue weighted by Crippen LogP contribution is -2.26. The summed E-state index contributed by atoms with van der Waals surface area (Å²) in [6, 6.07) is 2.09. The molecule has 1 aromatic rings. The molecule has 1 aromatic heterocycles. The normalized spacial score (nSPS) is 21.7. The van der Waals surface area contributed by atoms with Crippen molar-refractivity contribution in [1.82, 2.24) is 14.7 Å². The van der Waals surface area contributed by atoms with Crippen molar-refractivity contribution in [3.05, 3.63) is 17.5 Å². The number of hydrogen-bond acceptors (Lipinski definition) is 4. The van der Waals surface area contributed by atoms with Crippen LogP contribution in [0.25, 0.3) is 0 Å². The van der Waals surface area contributed by atoms with Crippen LogP contribution in [-0.4, -0.2) is 54.7 Å². The average molecular weight is 299 g/mol. The zero-order chi connectivity index (χ0) is 14.8. The molecule has 0 aliphatic carbocycles. The molecule has 0 bridgehead atoms. The Labute approximate surface area is 121 Å². The van der Waals surface area contributed by atoms with Crippen LogP contribution >= 0.6 is 0 Å². The summed E-state index contributed by atoms with van der Waals surface area (Å²) in [5, 5.41) is 4.45. The fourth-order valence-corrected chi connectivity index (χ4v) is 4.69. The molecule has 0 amide bonds. The third-order valence-corrected chi connectivity index (χ3v) is 5.88. The summed E-state index contributed by atoms with van der Waals surface area (Å²) in [4.78, 5) is 2.27. The fraction of sp³-hybridized carbons (Fsp3) is 0.786. The van der Waals surface area contributed by atoms with Crippen molar-refractivity contribution in [3.63, 3.8) is 0 Å². The van der Waals surface area contributed by atoms with Crippen molar-refractivity contribution >= 4 is 9.84 Å². The summed E-state index contributed by atoms with van der Waals surface area (Å²) in [6.07, 6.45) is 1.82. The summed E-state index contributed by atoms with van der Waals surface area (Å²) < 4.78 is 24.9. The molecular formula is C14H25N3O2S.